The fourth-order valence-corrected chi connectivity index (χ4v) is 2.84. The summed E-state index contributed by atoms with van der Waals surface area (Å²) in [6.45, 7) is 2.26. The normalized spacial score (nSPS) is 15.7. The van der Waals surface area contributed by atoms with E-state index in [9.17, 15) is 9.59 Å². The zero-order valence-electron chi connectivity index (χ0n) is 11.5. The van der Waals surface area contributed by atoms with Gasteiger partial charge in [0.05, 0.1) is 6.42 Å². The van der Waals surface area contributed by atoms with Crippen molar-refractivity contribution in [3.63, 3.8) is 0 Å². The second-order valence-corrected chi connectivity index (χ2v) is 6.03. The van der Waals surface area contributed by atoms with Crippen LogP contribution in [0.4, 0.5) is 4.79 Å². The zero-order chi connectivity index (χ0) is 14.5. The summed E-state index contributed by atoms with van der Waals surface area (Å²) in [4.78, 5) is 24.5. The van der Waals surface area contributed by atoms with E-state index >= 15 is 0 Å². The largest absolute Gasteiger partial charge is 0.481 e. The van der Waals surface area contributed by atoms with E-state index in [2.05, 4.69) is 16.8 Å². The van der Waals surface area contributed by atoms with Crippen LogP contribution in [0, 0.1) is 0 Å². The third-order valence-electron chi connectivity index (χ3n) is 3.31. The minimum atomic E-state index is -0.866. The van der Waals surface area contributed by atoms with Crippen LogP contribution in [0.2, 0.25) is 0 Å². The molecular formula is C14H20N2O3S. The lowest BCUT2D eigenvalue weighted by atomic mass is 10.1. The molecule has 20 heavy (non-hydrogen) atoms. The first-order valence-corrected chi connectivity index (χ1v) is 7.80. The van der Waals surface area contributed by atoms with Crippen LogP contribution in [0.25, 0.3) is 0 Å². The van der Waals surface area contributed by atoms with Gasteiger partial charge in [-0.3, -0.25) is 4.79 Å². The number of hydrogen-bond acceptors (Lipinski definition) is 3. The van der Waals surface area contributed by atoms with Crippen LogP contribution in [0.5, 0.6) is 0 Å². The molecule has 1 saturated carbocycles. The maximum Gasteiger partial charge on any atom is 0.317 e. The summed E-state index contributed by atoms with van der Waals surface area (Å²) < 4.78 is 0. The molecule has 0 aromatic carbocycles. The van der Waals surface area contributed by atoms with Crippen LogP contribution in [0.1, 0.15) is 31.7 Å². The molecule has 2 rings (SSSR count). The molecule has 110 valence electrons. The van der Waals surface area contributed by atoms with Gasteiger partial charge in [-0.15, -0.1) is 0 Å². The lowest BCUT2D eigenvalue weighted by Crippen LogP contribution is -2.46. The van der Waals surface area contributed by atoms with Crippen LogP contribution < -0.4 is 5.32 Å². The predicted octanol–water partition coefficient (Wildman–Crippen LogP) is 2.33. The Morgan fingerprint density at radius 1 is 1.55 bits per heavy atom. The van der Waals surface area contributed by atoms with Crippen molar-refractivity contribution in [3.05, 3.63) is 22.4 Å². The predicted molar refractivity (Wildman–Crippen MR) is 78.0 cm³/mol. The zero-order valence-corrected chi connectivity index (χ0v) is 12.4. The summed E-state index contributed by atoms with van der Waals surface area (Å²) in [5, 5.41) is 15.8. The molecule has 1 aromatic rings. The highest BCUT2D eigenvalue weighted by Gasteiger charge is 2.33. The first kappa shape index (κ1) is 14.8. The second-order valence-electron chi connectivity index (χ2n) is 5.25. The van der Waals surface area contributed by atoms with Crippen molar-refractivity contribution in [1.29, 1.82) is 0 Å². The summed E-state index contributed by atoms with van der Waals surface area (Å²) in [5.41, 5.74) is 1.21. The molecule has 1 atom stereocenters. The van der Waals surface area contributed by atoms with Gasteiger partial charge in [0, 0.05) is 18.6 Å². The number of thiophene rings is 1. The number of nitrogens with one attached hydrogen (secondary N) is 1. The van der Waals surface area contributed by atoms with E-state index in [1.165, 1.54) is 5.56 Å². The molecule has 0 aliphatic heterocycles. The van der Waals surface area contributed by atoms with Gasteiger partial charge in [0.15, 0.2) is 0 Å². The van der Waals surface area contributed by atoms with Crippen LogP contribution in [-0.2, 0) is 11.2 Å². The quantitative estimate of drug-likeness (QED) is 0.811. The van der Waals surface area contributed by atoms with Crippen LogP contribution in [0.3, 0.4) is 0 Å². The molecule has 5 nitrogen and oxygen atoms in total. The monoisotopic (exact) mass is 296 g/mol. The Labute approximate surface area is 122 Å². The summed E-state index contributed by atoms with van der Waals surface area (Å²) in [5.74, 6) is -0.866. The molecule has 6 heteroatoms. The molecule has 0 bridgehead atoms. The first-order valence-electron chi connectivity index (χ1n) is 6.86. The molecule has 0 radical (unpaired) electrons. The van der Waals surface area contributed by atoms with Crippen molar-refractivity contribution < 1.29 is 14.7 Å². The number of aliphatic carboxylic acids is 1. The van der Waals surface area contributed by atoms with E-state index < -0.39 is 5.97 Å². The van der Waals surface area contributed by atoms with Crippen molar-refractivity contribution in [2.24, 2.45) is 0 Å². The van der Waals surface area contributed by atoms with E-state index in [0.29, 0.717) is 0 Å². The highest BCUT2D eigenvalue weighted by molar-refractivity contribution is 7.07. The number of nitrogens with zero attached hydrogens (tertiary/aromatic N) is 1. The van der Waals surface area contributed by atoms with Gasteiger partial charge in [0.1, 0.15) is 0 Å². The number of amides is 2. The summed E-state index contributed by atoms with van der Waals surface area (Å²) in [6.07, 6.45) is 2.76. The van der Waals surface area contributed by atoms with Gasteiger partial charge in [-0.05, 0) is 48.6 Å². The molecule has 1 aliphatic rings. The Balaban J connectivity index is 1.82. The molecule has 1 aromatic heterocycles. The van der Waals surface area contributed by atoms with Crippen LogP contribution in [-0.4, -0.2) is 40.6 Å². The maximum atomic E-state index is 12.2. The Morgan fingerprint density at radius 2 is 2.30 bits per heavy atom. The fraction of sp³-hybridized carbons (Fsp3) is 0.571. The van der Waals surface area contributed by atoms with Gasteiger partial charge in [0.2, 0.25) is 0 Å². The van der Waals surface area contributed by atoms with E-state index in [1.807, 2.05) is 12.3 Å². The Hall–Kier alpha value is -1.56. The van der Waals surface area contributed by atoms with Crippen molar-refractivity contribution in [3.8, 4) is 0 Å². The standard InChI is InChI=1S/C14H20N2O3S/c1-10(8-11-5-7-20-9-11)15-14(19)16(12-2-3-12)6-4-13(17)18/h5,7,9-10,12H,2-4,6,8H2,1H3,(H,15,19)(H,17,18). The average molecular weight is 296 g/mol. The molecule has 1 fully saturated rings. The maximum absolute atomic E-state index is 12.2. The molecule has 0 spiro atoms. The minimum absolute atomic E-state index is 0.00281. The molecule has 2 amide bonds. The lowest BCUT2D eigenvalue weighted by Gasteiger charge is -2.24. The summed E-state index contributed by atoms with van der Waals surface area (Å²) in [6, 6.07) is 2.18. The number of urea groups is 1. The van der Waals surface area contributed by atoms with Gasteiger partial charge in [-0.2, -0.15) is 11.3 Å². The average Bonchev–Trinajstić information content (AvgIpc) is 3.07. The summed E-state index contributed by atoms with van der Waals surface area (Å²) >= 11 is 1.64. The van der Waals surface area contributed by atoms with Gasteiger partial charge in [-0.25, -0.2) is 4.79 Å². The number of rotatable bonds is 7. The Morgan fingerprint density at radius 3 is 2.85 bits per heavy atom. The number of carboxylic acids is 1. The third-order valence-corrected chi connectivity index (χ3v) is 4.04. The molecule has 1 heterocycles. The third kappa shape index (κ3) is 4.52. The van der Waals surface area contributed by atoms with Crippen molar-refractivity contribution in [2.45, 2.75) is 44.7 Å². The summed E-state index contributed by atoms with van der Waals surface area (Å²) in [7, 11) is 0. The fourth-order valence-electron chi connectivity index (χ4n) is 2.16. The number of hydrogen-bond donors (Lipinski definition) is 2. The molecule has 1 unspecified atom stereocenters. The van der Waals surface area contributed by atoms with Gasteiger partial charge >= 0.3 is 12.0 Å². The van der Waals surface area contributed by atoms with Crippen molar-refractivity contribution in [2.75, 3.05) is 6.54 Å². The van der Waals surface area contributed by atoms with Crippen LogP contribution in [0.15, 0.2) is 16.8 Å². The van der Waals surface area contributed by atoms with Crippen molar-refractivity contribution >= 4 is 23.3 Å². The van der Waals surface area contributed by atoms with Crippen LogP contribution >= 0.6 is 11.3 Å². The van der Waals surface area contributed by atoms with Gasteiger partial charge in [-0.1, -0.05) is 0 Å². The SMILES string of the molecule is CC(Cc1ccsc1)NC(=O)N(CCC(=O)O)C1CC1. The second kappa shape index (κ2) is 6.74. The highest BCUT2D eigenvalue weighted by Crippen LogP contribution is 2.27. The molecule has 1 aliphatic carbocycles. The van der Waals surface area contributed by atoms with E-state index in [-0.39, 0.29) is 31.1 Å². The Bertz CT molecular complexity index is 457. The molecule has 2 N–H and O–H groups in total. The van der Waals surface area contributed by atoms with Gasteiger partial charge < -0.3 is 15.3 Å². The smallest absolute Gasteiger partial charge is 0.317 e. The van der Waals surface area contributed by atoms with E-state index in [1.54, 1.807) is 16.2 Å². The lowest BCUT2D eigenvalue weighted by molar-refractivity contribution is -0.137. The molecule has 0 saturated heterocycles. The Kier molecular flexibility index (Phi) is 5.00. The van der Waals surface area contributed by atoms with E-state index in [4.69, 9.17) is 5.11 Å². The molecular weight excluding hydrogens is 276 g/mol. The highest BCUT2D eigenvalue weighted by atomic mass is 32.1. The topological polar surface area (TPSA) is 69.6 Å². The van der Waals surface area contributed by atoms with E-state index in [0.717, 1.165) is 19.3 Å². The number of carbonyl (C=O) groups is 2. The first-order chi connectivity index (χ1) is 9.56. The minimum Gasteiger partial charge on any atom is -0.481 e. The van der Waals surface area contributed by atoms with Crippen molar-refractivity contribution in [1.82, 2.24) is 10.2 Å². The van der Waals surface area contributed by atoms with Gasteiger partial charge in [0.25, 0.3) is 0 Å². The number of carboxylic acid groups (broad SMARTS) is 1. The number of carbonyl (C=O) groups excluding carboxylic acids is 1.